The Morgan fingerprint density at radius 2 is 2.12 bits per heavy atom. The quantitative estimate of drug-likeness (QED) is 0.869. The monoisotopic (exact) mass is 286 g/mol. The molecular weight excluding hydrogens is 272 g/mol. The van der Waals surface area contributed by atoms with Gasteiger partial charge >= 0.3 is 5.97 Å². The molecule has 1 atom stereocenters. The number of rotatable bonds is 3. The van der Waals surface area contributed by atoms with Gasteiger partial charge in [0.25, 0.3) is 0 Å². The topological polar surface area (TPSA) is 46.5 Å². The molecule has 0 aromatic heterocycles. The highest BCUT2D eigenvalue weighted by atomic mass is 79.9. The largest absolute Gasteiger partial charge is 0.464 e. The van der Waals surface area contributed by atoms with Crippen molar-refractivity contribution in [1.29, 1.82) is 0 Å². The predicted molar refractivity (Wildman–Crippen MR) is 65.2 cm³/mol. The molecule has 0 aliphatic carbocycles. The van der Waals surface area contributed by atoms with Crippen LogP contribution in [0.4, 0.5) is 0 Å². The van der Waals surface area contributed by atoms with Gasteiger partial charge in [-0.25, -0.2) is 4.79 Å². The second kappa shape index (κ2) is 5.46. The number of benzene rings is 1. The first kappa shape index (κ1) is 13.2. The van der Waals surface area contributed by atoms with Crippen molar-refractivity contribution in [1.82, 2.24) is 0 Å². The van der Waals surface area contributed by atoms with Gasteiger partial charge in [-0.2, -0.15) is 0 Å². The molecule has 88 valence electrons. The molecule has 4 heteroatoms. The average molecular weight is 287 g/mol. The van der Waals surface area contributed by atoms with Crippen molar-refractivity contribution < 1.29 is 14.6 Å². The van der Waals surface area contributed by atoms with E-state index in [1.165, 1.54) is 0 Å². The van der Waals surface area contributed by atoms with Gasteiger partial charge in [0, 0.05) is 4.47 Å². The van der Waals surface area contributed by atoms with Crippen molar-refractivity contribution in [3.63, 3.8) is 0 Å². The molecule has 1 rings (SSSR count). The third-order valence-electron chi connectivity index (χ3n) is 2.48. The number of esters is 1. The first-order valence-electron chi connectivity index (χ1n) is 5.08. The number of carbonyl (C=O) groups excluding carboxylic acids is 1. The molecular formula is C12H15BrO3. The van der Waals surface area contributed by atoms with Gasteiger partial charge in [-0.3, -0.25) is 0 Å². The van der Waals surface area contributed by atoms with Crippen LogP contribution in [0.2, 0.25) is 0 Å². The van der Waals surface area contributed by atoms with Crippen LogP contribution < -0.4 is 0 Å². The zero-order chi connectivity index (χ0) is 12.3. The van der Waals surface area contributed by atoms with Gasteiger partial charge in [-0.15, -0.1) is 0 Å². The molecule has 0 amide bonds. The minimum absolute atomic E-state index is 0.266. The summed E-state index contributed by atoms with van der Waals surface area (Å²) in [5.41, 5.74) is 2.52. The molecule has 0 radical (unpaired) electrons. The summed E-state index contributed by atoms with van der Waals surface area (Å²) in [6.45, 7) is 5.78. The molecule has 0 saturated heterocycles. The average Bonchev–Trinajstić information content (AvgIpc) is 2.22. The van der Waals surface area contributed by atoms with Gasteiger partial charge in [-0.1, -0.05) is 15.9 Å². The Morgan fingerprint density at radius 3 is 2.69 bits per heavy atom. The minimum Gasteiger partial charge on any atom is -0.464 e. The summed E-state index contributed by atoms with van der Waals surface area (Å²) in [5.74, 6) is -0.608. The standard InChI is InChI=1S/C12H15BrO3/c1-4-16-12(15)11(14)10-6-9(13)5-7(2)8(10)3/h5-6,11,14H,4H2,1-3H3. The lowest BCUT2D eigenvalue weighted by Gasteiger charge is -2.14. The van der Waals surface area contributed by atoms with Crippen LogP contribution in [-0.4, -0.2) is 17.7 Å². The first-order valence-corrected chi connectivity index (χ1v) is 5.88. The van der Waals surface area contributed by atoms with Crippen LogP contribution in [0.25, 0.3) is 0 Å². The maximum Gasteiger partial charge on any atom is 0.339 e. The summed E-state index contributed by atoms with van der Waals surface area (Å²) in [5, 5.41) is 9.85. The fourth-order valence-electron chi connectivity index (χ4n) is 1.47. The maximum absolute atomic E-state index is 11.4. The molecule has 0 saturated carbocycles. The zero-order valence-corrected chi connectivity index (χ0v) is 11.2. The summed E-state index contributed by atoms with van der Waals surface area (Å²) in [6, 6.07) is 3.68. The maximum atomic E-state index is 11.4. The molecule has 1 N–H and O–H groups in total. The van der Waals surface area contributed by atoms with Crippen molar-refractivity contribution in [3.8, 4) is 0 Å². The predicted octanol–water partition coefficient (Wildman–Crippen LogP) is 2.66. The van der Waals surface area contributed by atoms with Crippen LogP contribution in [0.3, 0.4) is 0 Å². The van der Waals surface area contributed by atoms with E-state index in [1.54, 1.807) is 13.0 Å². The normalized spacial score (nSPS) is 12.3. The zero-order valence-electron chi connectivity index (χ0n) is 9.58. The fraction of sp³-hybridized carbons (Fsp3) is 0.417. The van der Waals surface area contributed by atoms with E-state index in [9.17, 15) is 9.90 Å². The molecule has 0 heterocycles. The summed E-state index contributed by atoms with van der Waals surface area (Å²) in [7, 11) is 0. The van der Waals surface area contributed by atoms with Crippen molar-refractivity contribution in [2.45, 2.75) is 26.9 Å². The van der Waals surface area contributed by atoms with Gasteiger partial charge in [0.2, 0.25) is 0 Å². The van der Waals surface area contributed by atoms with Crippen molar-refractivity contribution in [2.75, 3.05) is 6.61 Å². The third kappa shape index (κ3) is 2.83. The van der Waals surface area contributed by atoms with E-state index >= 15 is 0 Å². The number of hydrogen-bond acceptors (Lipinski definition) is 3. The number of hydrogen-bond donors (Lipinski definition) is 1. The molecule has 0 bridgehead atoms. The van der Waals surface area contributed by atoms with Crippen molar-refractivity contribution in [3.05, 3.63) is 33.3 Å². The van der Waals surface area contributed by atoms with Crippen LogP contribution >= 0.6 is 15.9 Å². The lowest BCUT2D eigenvalue weighted by atomic mass is 9.99. The Morgan fingerprint density at radius 1 is 1.50 bits per heavy atom. The first-order chi connectivity index (χ1) is 7.47. The molecule has 3 nitrogen and oxygen atoms in total. The Labute approximate surface area is 104 Å². The van der Waals surface area contributed by atoms with Gasteiger partial charge in [0.05, 0.1) is 6.61 Å². The summed E-state index contributed by atoms with van der Waals surface area (Å²) >= 11 is 3.34. The number of ether oxygens (including phenoxy) is 1. The minimum atomic E-state index is -1.21. The Kier molecular flexibility index (Phi) is 4.50. The molecule has 0 aliphatic heterocycles. The second-order valence-electron chi connectivity index (χ2n) is 3.59. The number of aliphatic hydroxyl groups is 1. The smallest absolute Gasteiger partial charge is 0.339 e. The van der Waals surface area contributed by atoms with Crippen molar-refractivity contribution in [2.24, 2.45) is 0 Å². The molecule has 0 spiro atoms. The van der Waals surface area contributed by atoms with E-state index in [1.807, 2.05) is 19.9 Å². The van der Waals surface area contributed by atoms with Gasteiger partial charge < -0.3 is 9.84 Å². The number of aliphatic hydroxyl groups excluding tert-OH is 1. The molecule has 1 aromatic rings. The van der Waals surface area contributed by atoms with Crippen LogP contribution in [0, 0.1) is 13.8 Å². The van der Waals surface area contributed by atoms with E-state index in [4.69, 9.17) is 4.74 Å². The highest BCUT2D eigenvalue weighted by Gasteiger charge is 2.21. The van der Waals surface area contributed by atoms with E-state index in [2.05, 4.69) is 15.9 Å². The van der Waals surface area contributed by atoms with Crippen LogP contribution in [0.1, 0.15) is 29.7 Å². The van der Waals surface area contributed by atoms with E-state index < -0.39 is 12.1 Å². The van der Waals surface area contributed by atoms with Crippen molar-refractivity contribution >= 4 is 21.9 Å². The van der Waals surface area contributed by atoms with Gasteiger partial charge in [-0.05, 0) is 49.6 Å². The highest BCUT2D eigenvalue weighted by molar-refractivity contribution is 9.10. The van der Waals surface area contributed by atoms with Gasteiger partial charge in [0.15, 0.2) is 6.10 Å². The number of carbonyl (C=O) groups is 1. The van der Waals surface area contributed by atoms with E-state index in [-0.39, 0.29) is 6.61 Å². The number of aryl methyl sites for hydroxylation is 1. The van der Waals surface area contributed by atoms with Gasteiger partial charge in [0.1, 0.15) is 0 Å². The Bertz CT molecular complexity index is 401. The SMILES string of the molecule is CCOC(=O)C(O)c1cc(Br)cc(C)c1C. The number of halogens is 1. The molecule has 0 aliphatic rings. The molecule has 1 unspecified atom stereocenters. The third-order valence-corrected chi connectivity index (χ3v) is 2.93. The highest BCUT2D eigenvalue weighted by Crippen LogP contribution is 2.26. The van der Waals surface area contributed by atoms with Crippen LogP contribution in [0.5, 0.6) is 0 Å². The Hall–Kier alpha value is -0.870. The lowest BCUT2D eigenvalue weighted by molar-refractivity contribution is -0.153. The molecule has 1 aromatic carbocycles. The second-order valence-corrected chi connectivity index (χ2v) is 4.51. The summed E-state index contributed by atoms with van der Waals surface area (Å²) < 4.78 is 5.63. The summed E-state index contributed by atoms with van der Waals surface area (Å²) in [4.78, 5) is 11.4. The Balaban J connectivity index is 3.08. The van der Waals surface area contributed by atoms with Crippen LogP contribution in [-0.2, 0) is 9.53 Å². The fourth-order valence-corrected chi connectivity index (χ4v) is 2.06. The van der Waals surface area contributed by atoms with E-state index in [0.717, 1.165) is 15.6 Å². The molecule has 16 heavy (non-hydrogen) atoms. The van der Waals surface area contributed by atoms with Crippen LogP contribution in [0.15, 0.2) is 16.6 Å². The van der Waals surface area contributed by atoms with E-state index in [0.29, 0.717) is 5.56 Å². The summed E-state index contributed by atoms with van der Waals surface area (Å²) in [6.07, 6.45) is -1.21. The molecule has 0 fully saturated rings. The lowest BCUT2D eigenvalue weighted by Crippen LogP contribution is -2.16.